The Labute approximate surface area is 200 Å². The van der Waals surface area contributed by atoms with Gasteiger partial charge in [-0.2, -0.15) is 0 Å². The summed E-state index contributed by atoms with van der Waals surface area (Å²) in [6.45, 7) is 6.99. The number of hydrogen-bond donors (Lipinski definition) is 2. The predicted molar refractivity (Wildman–Crippen MR) is 130 cm³/mol. The number of carbonyl (C=O) groups excluding carboxylic acids is 3. The Bertz CT molecular complexity index is 985. The van der Waals surface area contributed by atoms with E-state index in [2.05, 4.69) is 10.6 Å². The monoisotopic (exact) mass is 469 g/mol. The Morgan fingerprint density at radius 2 is 1.67 bits per heavy atom. The van der Waals surface area contributed by atoms with Crippen LogP contribution in [0.1, 0.15) is 59.4 Å². The lowest BCUT2D eigenvalue weighted by molar-refractivity contribution is -0.125. The van der Waals surface area contributed by atoms with Crippen LogP contribution in [0, 0.1) is 12.8 Å². The lowest BCUT2D eigenvalue weighted by Gasteiger charge is -2.36. The number of nitrogens with one attached hydrogen (secondary N) is 2. The van der Waals surface area contributed by atoms with Crippen molar-refractivity contribution in [2.45, 2.75) is 52.1 Å². The Morgan fingerprint density at radius 1 is 1.03 bits per heavy atom. The quantitative estimate of drug-likeness (QED) is 0.637. The van der Waals surface area contributed by atoms with E-state index in [-0.39, 0.29) is 29.7 Å². The van der Waals surface area contributed by atoms with E-state index in [0.717, 1.165) is 12.0 Å². The number of likely N-dealkylation sites (tertiary alicyclic amines) is 1. The van der Waals surface area contributed by atoms with Gasteiger partial charge in [0.2, 0.25) is 5.91 Å². The highest BCUT2D eigenvalue weighted by Crippen LogP contribution is 2.24. The van der Waals surface area contributed by atoms with Crippen molar-refractivity contribution < 1.29 is 14.4 Å². The number of benzene rings is 2. The number of nitrogens with zero attached hydrogens (tertiary/aromatic N) is 1. The second-order valence-electron chi connectivity index (χ2n) is 8.74. The molecule has 6 nitrogen and oxygen atoms in total. The Morgan fingerprint density at radius 3 is 2.27 bits per heavy atom. The predicted octanol–water partition coefficient (Wildman–Crippen LogP) is 4.21. The lowest BCUT2D eigenvalue weighted by atomic mass is 9.88. The fourth-order valence-corrected chi connectivity index (χ4v) is 4.23. The van der Waals surface area contributed by atoms with Crippen LogP contribution in [0.15, 0.2) is 48.5 Å². The van der Waals surface area contributed by atoms with Crippen LogP contribution in [-0.2, 0) is 4.79 Å². The molecule has 2 N–H and O–H groups in total. The zero-order valence-electron chi connectivity index (χ0n) is 19.4. The van der Waals surface area contributed by atoms with Crippen LogP contribution in [0.25, 0.3) is 0 Å². The molecule has 0 spiro atoms. The average Bonchev–Trinajstić information content (AvgIpc) is 2.82. The summed E-state index contributed by atoms with van der Waals surface area (Å²) in [5, 5.41) is 6.25. The summed E-state index contributed by atoms with van der Waals surface area (Å²) in [5.41, 5.74) is 2.11. The van der Waals surface area contributed by atoms with E-state index in [1.54, 1.807) is 24.3 Å². The molecule has 1 aliphatic rings. The first-order valence-electron chi connectivity index (χ1n) is 11.5. The second-order valence-corrected chi connectivity index (χ2v) is 9.15. The van der Waals surface area contributed by atoms with Gasteiger partial charge in [0.25, 0.3) is 11.8 Å². The second kappa shape index (κ2) is 11.3. The summed E-state index contributed by atoms with van der Waals surface area (Å²) in [5.74, 6) is -0.659. The molecule has 2 atom stereocenters. The summed E-state index contributed by atoms with van der Waals surface area (Å²) >= 11 is 6.19. The minimum Gasteiger partial charge on any atom is -0.352 e. The highest BCUT2D eigenvalue weighted by molar-refractivity contribution is 6.33. The molecule has 176 valence electrons. The summed E-state index contributed by atoms with van der Waals surface area (Å²) in [4.78, 5) is 40.7. The lowest BCUT2D eigenvalue weighted by Crippen LogP contribution is -2.55. The molecule has 0 bridgehead atoms. The molecule has 2 aromatic carbocycles. The maximum absolute atomic E-state index is 13.1. The van der Waals surface area contributed by atoms with Crippen molar-refractivity contribution in [2.75, 3.05) is 13.1 Å². The first kappa shape index (κ1) is 24.8. The molecular formula is C26H32ClN3O3. The van der Waals surface area contributed by atoms with E-state index in [4.69, 9.17) is 11.6 Å². The molecule has 1 aliphatic heterocycles. The maximum Gasteiger partial charge on any atom is 0.253 e. The van der Waals surface area contributed by atoms with Crippen LogP contribution in [0.3, 0.4) is 0 Å². The normalized spacial score (nSPS) is 16.1. The topological polar surface area (TPSA) is 78.5 Å². The average molecular weight is 470 g/mol. The van der Waals surface area contributed by atoms with Gasteiger partial charge in [-0.3, -0.25) is 14.4 Å². The summed E-state index contributed by atoms with van der Waals surface area (Å²) in [7, 11) is 0. The van der Waals surface area contributed by atoms with E-state index in [1.165, 1.54) is 0 Å². The molecule has 0 aromatic heterocycles. The zero-order chi connectivity index (χ0) is 24.0. The highest BCUT2D eigenvalue weighted by atomic mass is 35.5. The molecule has 7 heteroatoms. The van der Waals surface area contributed by atoms with Gasteiger partial charge in [0.1, 0.15) is 6.04 Å². The number of amides is 3. The molecule has 3 amide bonds. The zero-order valence-corrected chi connectivity index (χ0v) is 20.2. The van der Waals surface area contributed by atoms with Gasteiger partial charge in [-0.15, -0.1) is 0 Å². The fraction of sp³-hybridized carbons (Fsp3) is 0.423. The van der Waals surface area contributed by atoms with Crippen LogP contribution in [-0.4, -0.2) is 47.8 Å². The van der Waals surface area contributed by atoms with Crippen molar-refractivity contribution in [3.05, 3.63) is 70.2 Å². The van der Waals surface area contributed by atoms with Gasteiger partial charge in [-0.05, 0) is 63.3 Å². The van der Waals surface area contributed by atoms with E-state index in [9.17, 15) is 14.4 Å². The van der Waals surface area contributed by atoms with Gasteiger partial charge < -0.3 is 15.5 Å². The molecule has 0 unspecified atom stereocenters. The van der Waals surface area contributed by atoms with E-state index in [0.29, 0.717) is 42.1 Å². The maximum atomic E-state index is 13.1. The van der Waals surface area contributed by atoms with Crippen molar-refractivity contribution in [3.63, 3.8) is 0 Å². The van der Waals surface area contributed by atoms with E-state index in [1.807, 2.05) is 49.9 Å². The van der Waals surface area contributed by atoms with Crippen LogP contribution in [0.5, 0.6) is 0 Å². The molecule has 1 fully saturated rings. The first-order valence-corrected chi connectivity index (χ1v) is 11.9. The standard InChI is InChI=1S/C26H32ClN3O3/c1-4-18(3)28-25(32)23(29-24(31)21-7-5-6-8-22(21)27)19-13-15-30(16-14-19)26(33)20-11-9-17(2)10-12-20/h5-12,18-19,23H,4,13-16H2,1-3H3,(H,28,32)(H,29,31)/t18-,23+/m0/s1. The third-order valence-corrected chi connectivity index (χ3v) is 6.61. The van der Waals surface area contributed by atoms with Gasteiger partial charge in [-0.25, -0.2) is 0 Å². The molecule has 0 aliphatic carbocycles. The van der Waals surface area contributed by atoms with Crippen molar-refractivity contribution in [1.82, 2.24) is 15.5 Å². The Hall–Kier alpha value is -2.86. The smallest absolute Gasteiger partial charge is 0.253 e. The molecule has 1 saturated heterocycles. The van der Waals surface area contributed by atoms with E-state index < -0.39 is 6.04 Å². The Kier molecular flexibility index (Phi) is 8.50. The molecule has 3 rings (SSSR count). The third kappa shape index (κ3) is 6.35. The summed E-state index contributed by atoms with van der Waals surface area (Å²) in [6, 6.07) is 13.6. The van der Waals surface area contributed by atoms with Crippen LogP contribution >= 0.6 is 11.6 Å². The number of rotatable bonds is 7. The minimum absolute atomic E-state index is 0.000388. The number of hydrogen-bond acceptors (Lipinski definition) is 3. The van der Waals surface area contributed by atoms with Gasteiger partial charge in [0.05, 0.1) is 10.6 Å². The van der Waals surface area contributed by atoms with E-state index >= 15 is 0 Å². The highest BCUT2D eigenvalue weighted by Gasteiger charge is 2.34. The molecular weight excluding hydrogens is 438 g/mol. The molecule has 0 saturated carbocycles. The first-order chi connectivity index (χ1) is 15.8. The number of carbonyl (C=O) groups is 3. The Balaban J connectivity index is 1.71. The van der Waals surface area contributed by atoms with Crippen LogP contribution in [0.2, 0.25) is 5.02 Å². The van der Waals surface area contributed by atoms with Gasteiger partial charge in [0, 0.05) is 24.7 Å². The van der Waals surface area contributed by atoms with Crippen molar-refractivity contribution >= 4 is 29.3 Å². The van der Waals surface area contributed by atoms with Crippen molar-refractivity contribution in [2.24, 2.45) is 5.92 Å². The largest absolute Gasteiger partial charge is 0.352 e. The number of piperidine rings is 1. The van der Waals surface area contributed by atoms with Crippen molar-refractivity contribution in [1.29, 1.82) is 0 Å². The van der Waals surface area contributed by atoms with Crippen LogP contribution in [0.4, 0.5) is 0 Å². The summed E-state index contributed by atoms with van der Waals surface area (Å²) in [6.07, 6.45) is 2.04. The molecule has 1 heterocycles. The molecule has 2 aromatic rings. The van der Waals surface area contributed by atoms with Crippen LogP contribution < -0.4 is 10.6 Å². The fourth-order valence-electron chi connectivity index (χ4n) is 4.01. The van der Waals surface area contributed by atoms with Gasteiger partial charge in [0.15, 0.2) is 0 Å². The summed E-state index contributed by atoms with van der Waals surface area (Å²) < 4.78 is 0. The number of halogens is 1. The molecule has 33 heavy (non-hydrogen) atoms. The SMILES string of the molecule is CC[C@H](C)NC(=O)[C@H](NC(=O)c1ccccc1Cl)C1CCN(C(=O)c2ccc(C)cc2)CC1. The van der Waals surface area contributed by atoms with Gasteiger partial charge in [-0.1, -0.05) is 48.4 Å². The van der Waals surface area contributed by atoms with Gasteiger partial charge >= 0.3 is 0 Å². The number of aryl methyl sites for hydroxylation is 1. The van der Waals surface area contributed by atoms with Crippen molar-refractivity contribution in [3.8, 4) is 0 Å². The molecule has 0 radical (unpaired) electrons. The minimum atomic E-state index is -0.695. The third-order valence-electron chi connectivity index (χ3n) is 6.29.